The van der Waals surface area contributed by atoms with Crippen LogP contribution in [0.1, 0.15) is 10.5 Å². The molecule has 0 radical (unpaired) electrons. The van der Waals surface area contributed by atoms with Gasteiger partial charge in [0.15, 0.2) is 5.69 Å². The third-order valence-corrected chi connectivity index (χ3v) is 1.74. The minimum absolute atomic E-state index is 0.225. The highest BCUT2D eigenvalue weighted by atomic mass is 16.5. The summed E-state index contributed by atoms with van der Waals surface area (Å²) in [5.41, 5.74) is 0.948. The maximum atomic E-state index is 11.1. The molecule has 1 aliphatic heterocycles. The predicted octanol–water partition coefficient (Wildman–Crippen LogP) is 1.14. The highest BCUT2D eigenvalue weighted by molar-refractivity contribution is 5.87. The number of carbonyl (C=O) groups excluding carboxylic acids is 1. The van der Waals surface area contributed by atoms with Crippen molar-refractivity contribution in [1.82, 2.24) is 4.98 Å². The molecule has 5 nitrogen and oxygen atoms in total. The summed E-state index contributed by atoms with van der Waals surface area (Å²) in [5.74, 6) is -0.110. The van der Waals surface area contributed by atoms with Gasteiger partial charge in [-0.1, -0.05) is 0 Å². The lowest BCUT2D eigenvalue weighted by Gasteiger charge is -2.12. The monoisotopic (exact) mass is 192 g/mol. The topological polar surface area (TPSA) is 60.5 Å². The number of carbonyl (C=O) groups is 1. The highest BCUT2D eigenvalue weighted by Crippen LogP contribution is 2.24. The fraction of sp³-hybridized carbons (Fsp3) is 0.111. The number of nitrogens with zero attached hydrogens (tertiary/aromatic N) is 1. The number of hydrogen-bond donors (Lipinski definition) is 1. The highest BCUT2D eigenvalue weighted by Gasteiger charge is 2.13. The Morgan fingerprint density at radius 1 is 1.57 bits per heavy atom. The zero-order chi connectivity index (χ0) is 9.97. The number of esters is 1. The SMILES string of the molecule is COC(=O)c1ccc2c(n1)OC=CN2. The molecule has 0 unspecified atom stereocenters. The van der Waals surface area contributed by atoms with Crippen LogP contribution in [0.2, 0.25) is 0 Å². The number of fused-ring (bicyclic) bond motifs is 1. The van der Waals surface area contributed by atoms with Crippen molar-refractivity contribution in [3.8, 4) is 5.88 Å². The fourth-order valence-corrected chi connectivity index (χ4v) is 1.08. The van der Waals surface area contributed by atoms with Crippen LogP contribution in [0.4, 0.5) is 5.69 Å². The van der Waals surface area contributed by atoms with E-state index >= 15 is 0 Å². The first kappa shape index (κ1) is 8.55. The maximum Gasteiger partial charge on any atom is 0.356 e. The van der Waals surface area contributed by atoms with Crippen LogP contribution >= 0.6 is 0 Å². The van der Waals surface area contributed by atoms with Gasteiger partial charge < -0.3 is 14.8 Å². The molecule has 0 bridgehead atoms. The molecule has 1 N–H and O–H groups in total. The summed E-state index contributed by atoms with van der Waals surface area (Å²) in [7, 11) is 1.31. The van der Waals surface area contributed by atoms with Crippen molar-refractivity contribution in [3.63, 3.8) is 0 Å². The van der Waals surface area contributed by atoms with Gasteiger partial charge in [0, 0.05) is 6.20 Å². The first-order valence-electron chi connectivity index (χ1n) is 3.99. The standard InChI is InChI=1S/C9H8N2O3/c1-13-9(12)7-3-2-6-8(11-7)14-5-4-10-6/h2-5,10H,1H3. The van der Waals surface area contributed by atoms with E-state index in [0.717, 1.165) is 5.69 Å². The van der Waals surface area contributed by atoms with Crippen molar-refractivity contribution in [2.24, 2.45) is 0 Å². The largest absolute Gasteiger partial charge is 0.464 e. The normalized spacial score (nSPS) is 12.4. The summed E-state index contributed by atoms with van der Waals surface area (Å²) in [6, 6.07) is 3.28. The van der Waals surface area contributed by atoms with E-state index in [2.05, 4.69) is 15.0 Å². The molecule has 0 aromatic carbocycles. The average Bonchev–Trinajstić information content (AvgIpc) is 2.27. The molecule has 0 fully saturated rings. The van der Waals surface area contributed by atoms with Gasteiger partial charge in [0.25, 0.3) is 0 Å². The Labute approximate surface area is 80.4 Å². The Kier molecular flexibility index (Phi) is 2.06. The number of aromatic nitrogens is 1. The summed E-state index contributed by atoms with van der Waals surface area (Å²) in [5, 5.41) is 2.93. The van der Waals surface area contributed by atoms with Gasteiger partial charge in [-0.15, -0.1) is 0 Å². The van der Waals surface area contributed by atoms with E-state index in [0.29, 0.717) is 5.88 Å². The number of ether oxygens (including phenoxy) is 2. The molecule has 2 rings (SSSR count). The van der Waals surface area contributed by atoms with E-state index < -0.39 is 5.97 Å². The lowest BCUT2D eigenvalue weighted by molar-refractivity contribution is 0.0593. The van der Waals surface area contributed by atoms with Gasteiger partial charge in [0.2, 0.25) is 5.88 Å². The third kappa shape index (κ3) is 1.39. The Morgan fingerprint density at radius 2 is 2.43 bits per heavy atom. The van der Waals surface area contributed by atoms with Gasteiger partial charge in [0.05, 0.1) is 7.11 Å². The molecule has 14 heavy (non-hydrogen) atoms. The molecular weight excluding hydrogens is 184 g/mol. The van der Waals surface area contributed by atoms with Crippen LogP contribution in [0.3, 0.4) is 0 Å². The third-order valence-electron chi connectivity index (χ3n) is 1.74. The molecule has 0 saturated heterocycles. The van der Waals surface area contributed by atoms with Gasteiger partial charge in [-0.2, -0.15) is 0 Å². The molecule has 72 valence electrons. The van der Waals surface area contributed by atoms with E-state index in [1.165, 1.54) is 13.4 Å². The maximum absolute atomic E-state index is 11.1. The van der Waals surface area contributed by atoms with E-state index in [1.807, 2.05) is 0 Å². The van der Waals surface area contributed by atoms with Crippen molar-refractivity contribution >= 4 is 11.7 Å². The molecule has 2 heterocycles. The first-order chi connectivity index (χ1) is 6.81. The van der Waals surface area contributed by atoms with Crippen molar-refractivity contribution in [3.05, 3.63) is 30.3 Å². The fourth-order valence-electron chi connectivity index (χ4n) is 1.08. The molecule has 1 aromatic rings. The van der Waals surface area contributed by atoms with Gasteiger partial charge >= 0.3 is 5.97 Å². The van der Waals surface area contributed by atoms with E-state index in [4.69, 9.17) is 4.74 Å². The molecule has 0 saturated carbocycles. The van der Waals surface area contributed by atoms with Crippen LogP contribution in [0.5, 0.6) is 5.88 Å². The summed E-state index contributed by atoms with van der Waals surface area (Å²) < 4.78 is 9.63. The minimum Gasteiger partial charge on any atom is -0.464 e. The second kappa shape index (κ2) is 3.37. The van der Waals surface area contributed by atoms with Crippen molar-refractivity contribution in [1.29, 1.82) is 0 Å². The van der Waals surface area contributed by atoms with Gasteiger partial charge in [-0.05, 0) is 12.1 Å². The summed E-state index contributed by atoms with van der Waals surface area (Å²) in [4.78, 5) is 15.1. The lowest BCUT2D eigenvalue weighted by atomic mass is 10.3. The van der Waals surface area contributed by atoms with E-state index in [-0.39, 0.29) is 5.69 Å². The van der Waals surface area contributed by atoms with Crippen molar-refractivity contribution in [2.45, 2.75) is 0 Å². The number of methoxy groups -OCH3 is 1. The van der Waals surface area contributed by atoms with Gasteiger partial charge in [0.1, 0.15) is 11.9 Å². The van der Waals surface area contributed by atoms with Crippen LogP contribution in [0.15, 0.2) is 24.6 Å². The molecule has 0 aliphatic carbocycles. The molecule has 1 aliphatic rings. The van der Waals surface area contributed by atoms with Gasteiger partial charge in [-0.25, -0.2) is 9.78 Å². The number of rotatable bonds is 1. The Balaban J connectivity index is 2.36. The van der Waals surface area contributed by atoms with Crippen molar-refractivity contribution < 1.29 is 14.3 Å². The Bertz CT molecular complexity index is 401. The first-order valence-corrected chi connectivity index (χ1v) is 3.99. The second-order valence-electron chi connectivity index (χ2n) is 2.61. The quantitative estimate of drug-likeness (QED) is 0.676. The molecule has 0 spiro atoms. The second-order valence-corrected chi connectivity index (χ2v) is 2.61. The van der Waals surface area contributed by atoms with E-state index in [9.17, 15) is 4.79 Å². The zero-order valence-corrected chi connectivity index (χ0v) is 7.48. The smallest absolute Gasteiger partial charge is 0.356 e. The summed E-state index contributed by atoms with van der Waals surface area (Å²) >= 11 is 0. The summed E-state index contributed by atoms with van der Waals surface area (Å²) in [6.07, 6.45) is 3.10. The van der Waals surface area contributed by atoms with Crippen LogP contribution < -0.4 is 10.1 Å². The molecule has 1 aromatic heterocycles. The minimum atomic E-state index is -0.481. The van der Waals surface area contributed by atoms with Crippen LogP contribution in [-0.4, -0.2) is 18.1 Å². The van der Waals surface area contributed by atoms with Crippen LogP contribution in [-0.2, 0) is 4.74 Å². The number of pyridine rings is 1. The Morgan fingerprint density at radius 3 is 3.21 bits per heavy atom. The predicted molar refractivity (Wildman–Crippen MR) is 49.0 cm³/mol. The Hall–Kier alpha value is -2.04. The molecule has 0 atom stereocenters. The molecule has 0 amide bonds. The van der Waals surface area contributed by atoms with Crippen LogP contribution in [0.25, 0.3) is 0 Å². The van der Waals surface area contributed by atoms with Gasteiger partial charge in [-0.3, -0.25) is 0 Å². The molecule has 5 heteroatoms. The number of anilines is 1. The number of nitrogens with one attached hydrogen (secondary N) is 1. The molecular formula is C9H8N2O3. The summed E-state index contributed by atoms with van der Waals surface area (Å²) in [6.45, 7) is 0. The lowest BCUT2D eigenvalue weighted by Crippen LogP contribution is -2.08. The van der Waals surface area contributed by atoms with Crippen molar-refractivity contribution in [2.75, 3.05) is 12.4 Å². The number of hydrogen-bond acceptors (Lipinski definition) is 5. The average molecular weight is 192 g/mol. The van der Waals surface area contributed by atoms with E-state index in [1.54, 1.807) is 18.3 Å². The van der Waals surface area contributed by atoms with Crippen LogP contribution in [0, 0.1) is 0 Å². The zero-order valence-electron chi connectivity index (χ0n) is 7.48.